The first-order chi connectivity index (χ1) is 15.5. The molecule has 4 aromatic rings. The van der Waals surface area contributed by atoms with Gasteiger partial charge in [0.2, 0.25) is 17.5 Å². The van der Waals surface area contributed by atoms with Crippen LogP contribution in [0.25, 0.3) is 17.1 Å². The molecule has 0 radical (unpaired) electrons. The summed E-state index contributed by atoms with van der Waals surface area (Å²) < 4.78 is 24.0. The summed E-state index contributed by atoms with van der Waals surface area (Å²) in [6, 6.07) is 9.32. The predicted molar refractivity (Wildman–Crippen MR) is 122 cm³/mol. The molecule has 2 aromatic heterocycles. The molecule has 0 N–H and O–H groups in total. The number of aromatic nitrogens is 4. The second kappa shape index (κ2) is 9.54. The lowest BCUT2D eigenvalue weighted by Crippen LogP contribution is -1.98. The molecule has 0 atom stereocenters. The van der Waals surface area contributed by atoms with Gasteiger partial charge >= 0.3 is 0 Å². The standard InChI is InChI=1S/C22H21ClN4O4S/c1-13-15(23)6-5-7-16(13)27-9-8-24-22(27)32-12-19-25-26-21(31-19)14-10-17(28-2)20(30-4)18(11-14)29-3/h5-11H,12H2,1-4H3. The van der Waals surface area contributed by atoms with E-state index in [0.29, 0.717) is 45.4 Å². The number of benzene rings is 2. The molecule has 0 fully saturated rings. The van der Waals surface area contributed by atoms with Crippen molar-refractivity contribution in [2.75, 3.05) is 21.3 Å². The minimum atomic E-state index is 0.355. The van der Waals surface area contributed by atoms with Crippen LogP contribution in [0.4, 0.5) is 0 Å². The van der Waals surface area contributed by atoms with E-state index in [4.69, 9.17) is 30.2 Å². The summed E-state index contributed by atoms with van der Waals surface area (Å²) in [6.07, 6.45) is 3.65. The first kappa shape index (κ1) is 22.0. The van der Waals surface area contributed by atoms with Crippen molar-refractivity contribution in [2.45, 2.75) is 17.8 Å². The molecule has 0 saturated heterocycles. The fraction of sp³-hybridized carbons (Fsp3) is 0.227. The third kappa shape index (κ3) is 4.26. The normalized spacial score (nSPS) is 10.9. The van der Waals surface area contributed by atoms with Crippen LogP contribution in [0.2, 0.25) is 5.02 Å². The molecule has 0 bridgehead atoms. The SMILES string of the molecule is COc1cc(-c2nnc(CSc3nccn3-c3cccc(Cl)c3C)o2)cc(OC)c1OC. The highest BCUT2D eigenvalue weighted by Gasteiger charge is 2.18. The van der Waals surface area contributed by atoms with Crippen molar-refractivity contribution >= 4 is 23.4 Å². The number of halogens is 1. The third-order valence-electron chi connectivity index (χ3n) is 4.81. The number of thioether (sulfide) groups is 1. The predicted octanol–water partition coefficient (Wildman–Crippen LogP) is 5.20. The fourth-order valence-corrected chi connectivity index (χ4v) is 4.17. The Labute approximate surface area is 194 Å². The summed E-state index contributed by atoms with van der Waals surface area (Å²) in [6.45, 7) is 1.98. The van der Waals surface area contributed by atoms with Crippen LogP contribution in [0, 0.1) is 6.92 Å². The molecule has 0 spiro atoms. The summed E-state index contributed by atoms with van der Waals surface area (Å²) in [5, 5.41) is 9.85. The first-order valence-electron chi connectivity index (χ1n) is 9.60. The molecule has 8 nitrogen and oxygen atoms in total. The van der Waals surface area contributed by atoms with Gasteiger partial charge in [0, 0.05) is 23.0 Å². The zero-order chi connectivity index (χ0) is 22.7. The Balaban J connectivity index is 1.55. The Morgan fingerprint density at radius 3 is 2.50 bits per heavy atom. The highest BCUT2D eigenvalue weighted by Crippen LogP contribution is 2.41. The number of methoxy groups -OCH3 is 3. The van der Waals surface area contributed by atoms with Crippen molar-refractivity contribution in [2.24, 2.45) is 0 Å². The molecule has 2 aromatic carbocycles. The Kier molecular flexibility index (Phi) is 6.57. The van der Waals surface area contributed by atoms with Crippen LogP contribution in [0.3, 0.4) is 0 Å². The van der Waals surface area contributed by atoms with Crippen LogP contribution >= 0.6 is 23.4 Å². The molecule has 0 amide bonds. The van der Waals surface area contributed by atoms with E-state index in [2.05, 4.69) is 15.2 Å². The zero-order valence-corrected chi connectivity index (χ0v) is 19.5. The molecular weight excluding hydrogens is 452 g/mol. The molecule has 0 aliphatic heterocycles. The van der Waals surface area contributed by atoms with Crippen LogP contribution in [0.5, 0.6) is 17.2 Å². The number of nitrogens with zero attached hydrogens (tertiary/aromatic N) is 4. The summed E-state index contributed by atoms with van der Waals surface area (Å²) in [5.74, 6) is 2.79. The number of hydrogen-bond acceptors (Lipinski definition) is 8. The summed E-state index contributed by atoms with van der Waals surface area (Å²) >= 11 is 7.77. The van der Waals surface area contributed by atoms with E-state index in [-0.39, 0.29) is 0 Å². The quantitative estimate of drug-likeness (QED) is 0.323. The van der Waals surface area contributed by atoms with Crippen LogP contribution < -0.4 is 14.2 Å². The molecule has 10 heteroatoms. The molecule has 166 valence electrons. The highest BCUT2D eigenvalue weighted by atomic mass is 35.5. The topological polar surface area (TPSA) is 84.4 Å². The smallest absolute Gasteiger partial charge is 0.248 e. The van der Waals surface area contributed by atoms with Crippen LogP contribution in [0.15, 0.2) is 52.3 Å². The molecule has 0 saturated carbocycles. The third-order valence-corrected chi connectivity index (χ3v) is 6.17. The van der Waals surface area contributed by atoms with Crippen molar-refractivity contribution in [1.29, 1.82) is 0 Å². The van der Waals surface area contributed by atoms with Crippen LogP contribution in [-0.2, 0) is 5.75 Å². The minimum Gasteiger partial charge on any atom is -0.493 e. The van der Waals surface area contributed by atoms with E-state index in [1.165, 1.54) is 11.8 Å². The Bertz CT molecular complexity index is 1220. The maximum atomic E-state index is 6.28. The van der Waals surface area contributed by atoms with Gasteiger partial charge in [-0.3, -0.25) is 4.57 Å². The van der Waals surface area contributed by atoms with E-state index in [9.17, 15) is 0 Å². The number of hydrogen-bond donors (Lipinski definition) is 0. The van der Waals surface area contributed by atoms with Crippen molar-refractivity contribution in [1.82, 2.24) is 19.7 Å². The molecule has 4 rings (SSSR count). The fourth-order valence-electron chi connectivity index (χ4n) is 3.20. The summed E-state index contributed by atoms with van der Waals surface area (Å²) in [7, 11) is 4.66. The Morgan fingerprint density at radius 2 is 1.81 bits per heavy atom. The molecule has 0 aliphatic carbocycles. The van der Waals surface area contributed by atoms with Crippen LogP contribution in [0.1, 0.15) is 11.5 Å². The van der Waals surface area contributed by atoms with Gasteiger partial charge in [0.25, 0.3) is 0 Å². The molecule has 32 heavy (non-hydrogen) atoms. The Morgan fingerprint density at radius 1 is 1.06 bits per heavy atom. The van der Waals surface area contributed by atoms with Crippen molar-refractivity contribution in [3.63, 3.8) is 0 Å². The summed E-state index contributed by atoms with van der Waals surface area (Å²) in [5.41, 5.74) is 2.62. The van der Waals surface area contributed by atoms with E-state index in [1.54, 1.807) is 39.7 Å². The second-order valence-electron chi connectivity index (χ2n) is 6.67. The van der Waals surface area contributed by atoms with Gasteiger partial charge in [-0.05, 0) is 36.8 Å². The van der Waals surface area contributed by atoms with E-state index < -0.39 is 0 Å². The highest BCUT2D eigenvalue weighted by molar-refractivity contribution is 7.98. The van der Waals surface area contributed by atoms with Gasteiger partial charge in [-0.2, -0.15) is 0 Å². The second-order valence-corrected chi connectivity index (χ2v) is 8.02. The van der Waals surface area contributed by atoms with Gasteiger partial charge in [0.15, 0.2) is 16.7 Å². The molecular formula is C22H21ClN4O4S. The van der Waals surface area contributed by atoms with Gasteiger partial charge in [-0.1, -0.05) is 29.4 Å². The maximum Gasteiger partial charge on any atom is 0.248 e. The monoisotopic (exact) mass is 472 g/mol. The largest absolute Gasteiger partial charge is 0.493 e. The average Bonchev–Trinajstić information content (AvgIpc) is 3.48. The number of imidazole rings is 1. The summed E-state index contributed by atoms with van der Waals surface area (Å²) in [4.78, 5) is 4.45. The maximum absolute atomic E-state index is 6.28. The number of ether oxygens (including phenoxy) is 3. The van der Waals surface area contributed by atoms with E-state index >= 15 is 0 Å². The van der Waals surface area contributed by atoms with Gasteiger partial charge < -0.3 is 18.6 Å². The van der Waals surface area contributed by atoms with Gasteiger partial charge in [-0.25, -0.2) is 4.98 Å². The first-order valence-corrected chi connectivity index (χ1v) is 11.0. The average molecular weight is 473 g/mol. The molecule has 0 unspecified atom stereocenters. The van der Waals surface area contributed by atoms with Crippen molar-refractivity contribution < 1.29 is 18.6 Å². The zero-order valence-electron chi connectivity index (χ0n) is 18.0. The lowest BCUT2D eigenvalue weighted by molar-refractivity contribution is 0.324. The lowest BCUT2D eigenvalue weighted by atomic mass is 10.2. The molecule has 0 aliphatic rings. The van der Waals surface area contributed by atoms with Crippen molar-refractivity contribution in [3.05, 3.63) is 59.2 Å². The van der Waals surface area contributed by atoms with E-state index in [0.717, 1.165) is 16.4 Å². The van der Waals surface area contributed by atoms with Gasteiger partial charge in [0.05, 0.1) is 32.8 Å². The van der Waals surface area contributed by atoms with Gasteiger partial charge in [0.1, 0.15) is 0 Å². The van der Waals surface area contributed by atoms with Crippen molar-refractivity contribution in [3.8, 4) is 34.4 Å². The molecule has 2 heterocycles. The lowest BCUT2D eigenvalue weighted by Gasteiger charge is -2.12. The van der Waals surface area contributed by atoms with E-state index in [1.807, 2.05) is 35.9 Å². The van der Waals surface area contributed by atoms with Gasteiger partial charge in [-0.15, -0.1) is 10.2 Å². The minimum absolute atomic E-state index is 0.355. The number of rotatable bonds is 8. The Hall–Kier alpha value is -3.17. The van der Waals surface area contributed by atoms with Crippen LogP contribution in [-0.4, -0.2) is 41.1 Å².